The predicted molar refractivity (Wildman–Crippen MR) is 75.4 cm³/mol. The Morgan fingerprint density at radius 1 is 1.17 bits per heavy atom. The van der Waals surface area contributed by atoms with E-state index in [1.54, 1.807) is 0 Å². The van der Waals surface area contributed by atoms with Crippen molar-refractivity contribution in [2.45, 2.75) is 38.7 Å². The SMILES string of the molecule is CC1CCC(CNCC(O)c2ccccc2)CC1. The maximum absolute atomic E-state index is 10.0. The molecule has 18 heavy (non-hydrogen) atoms. The fourth-order valence-corrected chi connectivity index (χ4v) is 2.75. The van der Waals surface area contributed by atoms with Gasteiger partial charge in [-0.2, -0.15) is 0 Å². The van der Waals surface area contributed by atoms with Gasteiger partial charge in [-0.3, -0.25) is 0 Å². The average molecular weight is 247 g/mol. The lowest BCUT2D eigenvalue weighted by Gasteiger charge is -2.26. The van der Waals surface area contributed by atoms with Crippen molar-refractivity contribution in [3.63, 3.8) is 0 Å². The van der Waals surface area contributed by atoms with Gasteiger partial charge in [0.25, 0.3) is 0 Å². The maximum Gasteiger partial charge on any atom is 0.0914 e. The molecule has 1 saturated carbocycles. The third kappa shape index (κ3) is 4.11. The van der Waals surface area contributed by atoms with Crippen molar-refractivity contribution in [2.75, 3.05) is 13.1 Å². The van der Waals surface area contributed by atoms with Crippen molar-refractivity contribution in [1.29, 1.82) is 0 Å². The Hall–Kier alpha value is -0.860. The summed E-state index contributed by atoms with van der Waals surface area (Å²) in [5.74, 6) is 1.72. The molecule has 2 heteroatoms. The third-order valence-corrected chi connectivity index (χ3v) is 4.09. The first-order valence-corrected chi connectivity index (χ1v) is 7.19. The summed E-state index contributed by atoms with van der Waals surface area (Å²) in [5, 5.41) is 13.4. The zero-order chi connectivity index (χ0) is 12.8. The molecule has 0 spiro atoms. The predicted octanol–water partition coefficient (Wildman–Crippen LogP) is 3.14. The van der Waals surface area contributed by atoms with Gasteiger partial charge in [-0.15, -0.1) is 0 Å². The smallest absolute Gasteiger partial charge is 0.0914 e. The van der Waals surface area contributed by atoms with Crippen molar-refractivity contribution in [2.24, 2.45) is 11.8 Å². The molecule has 0 radical (unpaired) electrons. The van der Waals surface area contributed by atoms with Crippen LogP contribution in [0.4, 0.5) is 0 Å². The lowest BCUT2D eigenvalue weighted by atomic mass is 9.83. The average Bonchev–Trinajstić information content (AvgIpc) is 2.42. The van der Waals surface area contributed by atoms with Gasteiger partial charge in [0.1, 0.15) is 0 Å². The van der Waals surface area contributed by atoms with Gasteiger partial charge in [0.2, 0.25) is 0 Å². The van der Waals surface area contributed by atoms with Gasteiger partial charge in [-0.25, -0.2) is 0 Å². The highest BCUT2D eigenvalue weighted by molar-refractivity contribution is 5.17. The van der Waals surface area contributed by atoms with Crippen molar-refractivity contribution in [3.05, 3.63) is 35.9 Å². The fraction of sp³-hybridized carbons (Fsp3) is 0.625. The Bertz CT molecular complexity index is 330. The van der Waals surface area contributed by atoms with Gasteiger partial charge >= 0.3 is 0 Å². The van der Waals surface area contributed by atoms with E-state index in [4.69, 9.17) is 0 Å². The number of hydrogen-bond acceptors (Lipinski definition) is 2. The monoisotopic (exact) mass is 247 g/mol. The van der Waals surface area contributed by atoms with Crippen LogP contribution in [0.1, 0.15) is 44.3 Å². The van der Waals surface area contributed by atoms with Gasteiger partial charge in [-0.1, -0.05) is 50.1 Å². The second kappa shape index (κ2) is 6.91. The zero-order valence-corrected chi connectivity index (χ0v) is 11.3. The van der Waals surface area contributed by atoms with Crippen molar-refractivity contribution >= 4 is 0 Å². The lowest BCUT2D eigenvalue weighted by molar-refractivity contribution is 0.169. The van der Waals surface area contributed by atoms with Crippen molar-refractivity contribution in [3.8, 4) is 0 Å². The summed E-state index contributed by atoms with van der Waals surface area (Å²) in [5.41, 5.74) is 1.00. The molecule has 2 N–H and O–H groups in total. The van der Waals surface area contributed by atoms with Crippen LogP contribution in [0.5, 0.6) is 0 Å². The van der Waals surface area contributed by atoms with Crippen LogP contribution in [0, 0.1) is 11.8 Å². The van der Waals surface area contributed by atoms with Crippen LogP contribution < -0.4 is 5.32 Å². The normalized spacial score (nSPS) is 25.9. The van der Waals surface area contributed by atoms with Crippen molar-refractivity contribution < 1.29 is 5.11 Å². The Labute approximate surface area is 110 Å². The van der Waals surface area contributed by atoms with E-state index in [0.29, 0.717) is 6.54 Å². The second-order valence-electron chi connectivity index (χ2n) is 5.71. The van der Waals surface area contributed by atoms with Gasteiger partial charge in [0.05, 0.1) is 6.10 Å². The molecule has 0 saturated heterocycles. The first-order chi connectivity index (χ1) is 8.75. The minimum absolute atomic E-state index is 0.381. The lowest BCUT2D eigenvalue weighted by Crippen LogP contribution is -2.29. The molecule has 2 rings (SSSR count). The minimum Gasteiger partial charge on any atom is -0.387 e. The van der Waals surface area contributed by atoms with Gasteiger partial charge in [-0.05, 0) is 36.8 Å². The molecule has 1 aliphatic rings. The molecule has 0 aromatic heterocycles. The molecule has 2 nitrogen and oxygen atoms in total. The molecular formula is C16H25NO. The number of aliphatic hydroxyl groups is 1. The molecule has 0 amide bonds. The molecule has 0 aliphatic heterocycles. The topological polar surface area (TPSA) is 32.3 Å². The van der Waals surface area contributed by atoms with Crippen LogP contribution in [0.3, 0.4) is 0 Å². The highest BCUT2D eigenvalue weighted by Crippen LogP contribution is 2.27. The summed E-state index contributed by atoms with van der Waals surface area (Å²) in [6.45, 7) is 4.06. The Morgan fingerprint density at radius 3 is 2.50 bits per heavy atom. The minimum atomic E-state index is -0.381. The molecule has 1 unspecified atom stereocenters. The Morgan fingerprint density at radius 2 is 1.83 bits per heavy atom. The summed E-state index contributed by atoms with van der Waals surface area (Å²) < 4.78 is 0. The van der Waals surface area contributed by atoms with E-state index in [1.165, 1.54) is 25.7 Å². The van der Waals surface area contributed by atoms with Gasteiger partial charge in [0.15, 0.2) is 0 Å². The van der Waals surface area contributed by atoms with Crippen LogP contribution in [-0.2, 0) is 0 Å². The molecule has 1 atom stereocenters. The summed E-state index contributed by atoms with van der Waals surface area (Å²) >= 11 is 0. The molecule has 100 valence electrons. The molecule has 0 heterocycles. The van der Waals surface area contributed by atoms with E-state index >= 15 is 0 Å². The quantitative estimate of drug-likeness (QED) is 0.838. The molecule has 1 fully saturated rings. The maximum atomic E-state index is 10.0. The molecule has 1 aliphatic carbocycles. The van der Waals surface area contributed by atoms with Crippen LogP contribution in [0.25, 0.3) is 0 Å². The van der Waals surface area contributed by atoms with Crippen LogP contribution in [0.15, 0.2) is 30.3 Å². The molecule has 1 aromatic carbocycles. The van der Waals surface area contributed by atoms with Crippen LogP contribution >= 0.6 is 0 Å². The zero-order valence-electron chi connectivity index (χ0n) is 11.3. The van der Waals surface area contributed by atoms with Crippen LogP contribution in [-0.4, -0.2) is 18.2 Å². The van der Waals surface area contributed by atoms with Crippen LogP contribution in [0.2, 0.25) is 0 Å². The third-order valence-electron chi connectivity index (χ3n) is 4.09. The summed E-state index contributed by atoms with van der Waals surface area (Å²) in [4.78, 5) is 0. The highest BCUT2D eigenvalue weighted by Gasteiger charge is 2.18. The van der Waals surface area contributed by atoms with E-state index < -0.39 is 0 Å². The molecule has 0 bridgehead atoms. The van der Waals surface area contributed by atoms with Crippen molar-refractivity contribution in [1.82, 2.24) is 5.32 Å². The number of aliphatic hydroxyl groups excluding tert-OH is 1. The van der Waals surface area contributed by atoms with Gasteiger partial charge in [0, 0.05) is 6.54 Å². The van der Waals surface area contributed by atoms with E-state index in [9.17, 15) is 5.11 Å². The summed E-state index contributed by atoms with van der Waals surface area (Å²) in [6.07, 6.45) is 5.04. The standard InChI is InChI=1S/C16H25NO/c1-13-7-9-14(10-8-13)11-17-12-16(18)15-5-3-2-4-6-15/h2-6,13-14,16-18H,7-12H2,1H3. The summed E-state index contributed by atoms with van der Waals surface area (Å²) in [7, 11) is 0. The summed E-state index contributed by atoms with van der Waals surface area (Å²) in [6, 6.07) is 9.89. The highest BCUT2D eigenvalue weighted by atomic mass is 16.3. The number of benzene rings is 1. The number of nitrogens with one attached hydrogen (secondary N) is 1. The molecular weight excluding hydrogens is 222 g/mol. The van der Waals surface area contributed by atoms with E-state index in [-0.39, 0.29) is 6.10 Å². The first kappa shape index (κ1) is 13.6. The Balaban J connectivity index is 1.66. The first-order valence-electron chi connectivity index (χ1n) is 7.19. The number of hydrogen-bond donors (Lipinski definition) is 2. The number of rotatable bonds is 5. The van der Waals surface area contributed by atoms with E-state index in [0.717, 1.165) is 23.9 Å². The molecule has 1 aromatic rings. The fourth-order valence-electron chi connectivity index (χ4n) is 2.75. The van der Waals surface area contributed by atoms with E-state index in [2.05, 4.69) is 12.2 Å². The van der Waals surface area contributed by atoms with E-state index in [1.807, 2.05) is 30.3 Å². The second-order valence-corrected chi connectivity index (χ2v) is 5.71. The Kier molecular flexibility index (Phi) is 5.21. The largest absolute Gasteiger partial charge is 0.387 e. The van der Waals surface area contributed by atoms with Gasteiger partial charge < -0.3 is 10.4 Å².